The molecule has 0 aliphatic rings. The van der Waals surface area contributed by atoms with Crippen molar-refractivity contribution >= 4 is 5.97 Å². The maximum atomic E-state index is 10.7. The lowest BCUT2D eigenvalue weighted by Gasteiger charge is -2.20. The van der Waals surface area contributed by atoms with E-state index in [-0.39, 0.29) is 6.54 Å². The number of hydrogen-bond acceptors (Lipinski definition) is 6. The number of aliphatic carboxylic acids is 1. The number of rotatable bonds is 7. The van der Waals surface area contributed by atoms with Crippen LogP contribution in [0.15, 0.2) is 4.52 Å². The molecule has 0 bridgehead atoms. The molecule has 1 N–H and O–H groups in total. The molecule has 1 rings (SSSR count). The van der Waals surface area contributed by atoms with Crippen LogP contribution in [-0.4, -0.2) is 64.7 Å². The predicted molar refractivity (Wildman–Crippen MR) is 60.5 cm³/mol. The molecule has 17 heavy (non-hydrogen) atoms. The second-order valence-corrected chi connectivity index (χ2v) is 4.14. The second-order valence-electron chi connectivity index (χ2n) is 4.14. The Balaban J connectivity index is 2.53. The van der Waals surface area contributed by atoms with E-state index in [2.05, 4.69) is 10.1 Å². The fourth-order valence-corrected chi connectivity index (χ4v) is 1.35. The lowest BCUT2D eigenvalue weighted by molar-refractivity contribution is -0.138. The second kappa shape index (κ2) is 6.31. The van der Waals surface area contributed by atoms with Gasteiger partial charge >= 0.3 is 5.97 Å². The number of aromatic nitrogens is 2. The highest BCUT2D eigenvalue weighted by atomic mass is 16.5. The molecule has 0 aromatic carbocycles. The summed E-state index contributed by atoms with van der Waals surface area (Å²) in [6.07, 6.45) is 0. The number of carbonyl (C=O) groups is 1. The molecule has 1 aromatic heterocycles. The van der Waals surface area contributed by atoms with Crippen LogP contribution in [0.3, 0.4) is 0 Å². The standard InChI is InChI=1S/C10H18N4O3/c1-8-11-9(12-17-8)6-14(7-10(15)16)5-4-13(2)3/h4-7H2,1-3H3,(H,15,16). The summed E-state index contributed by atoms with van der Waals surface area (Å²) in [6.45, 7) is 3.49. The lowest BCUT2D eigenvalue weighted by Crippen LogP contribution is -2.35. The van der Waals surface area contributed by atoms with E-state index in [1.165, 1.54) is 0 Å². The Kier molecular flexibility index (Phi) is 5.05. The molecule has 0 radical (unpaired) electrons. The van der Waals surface area contributed by atoms with Crippen LogP contribution in [0.4, 0.5) is 0 Å². The fourth-order valence-electron chi connectivity index (χ4n) is 1.35. The van der Waals surface area contributed by atoms with Crippen molar-refractivity contribution in [3.8, 4) is 0 Å². The van der Waals surface area contributed by atoms with Gasteiger partial charge in [0.25, 0.3) is 0 Å². The summed E-state index contributed by atoms with van der Waals surface area (Å²) in [4.78, 5) is 18.6. The largest absolute Gasteiger partial charge is 0.480 e. The van der Waals surface area contributed by atoms with Crippen molar-refractivity contribution in [2.24, 2.45) is 0 Å². The molecule has 1 aromatic rings. The molecule has 0 amide bonds. The highest BCUT2D eigenvalue weighted by molar-refractivity contribution is 5.69. The zero-order valence-corrected chi connectivity index (χ0v) is 10.4. The van der Waals surface area contributed by atoms with Gasteiger partial charge in [0.1, 0.15) is 0 Å². The molecule has 7 heteroatoms. The van der Waals surface area contributed by atoms with E-state index >= 15 is 0 Å². The summed E-state index contributed by atoms with van der Waals surface area (Å²) in [5, 5.41) is 12.6. The highest BCUT2D eigenvalue weighted by Crippen LogP contribution is 2.01. The molecule has 0 fully saturated rings. The smallest absolute Gasteiger partial charge is 0.317 e. The van der Waals surface area contributed by atoms with Crippen molar-refractivity contribution < 1.29 is 14.4 Å². The van der Waals surface area contributed by atoms with Crippen LogP contribution in [0.1, 0.15) is 11.7 Å². The summed E-state index contributed by atoms with van der Waals surface area (Å²) < 4.78 is 4.85. The predicted octanol–water partition coefficient (Wildman–Crippen LogP) is -0.174. The van der Waals surface area contributed by atoms with Crippen LogP contribution < -0.4 is 0 Å². The molecule has 1 heterocycles. The van der Waals surface area contributed by atoms with Crippen LogP contribution in [0.5, 0.6) is 0 Å². The summed E-state index contributed by atoms with van der Waals surface area (Å²) in [7, 11) is 3.88. The topological polar surface area (TPSA) is 82.7 Å². The first-order valence-electron chi connectivity index (χ1n) is 5.35. The van der Waals surface area contributed by atoms with Crippen LogP contribution >= 0.6 is 0 Å². The first-order valence-corrected chi connectivity index (χ1v) is 5.35. The number of likely N-dealkylation sites (N-methyl/N-ethyl adjacent to an activating group) is 1. The molecule has 0 saturated heterocycles. The Labute approximate surface area is 100 Å². The average molecular weight is 242 g/mol. The zero-order valence-electron chi connectivity index (χ0n) is 10.4. The number of carboxylic acids is 1. The van der Waals surface area contributed by atoms with Crippen molar-refractivity contribution in [1.82, 2.24) is 19.9 Å². The van der Waals surface area contributed by atoms with Gasteiger partial charge in [0.2, 0.25) is 5.89 Å². The molecule has 0 saturated carbocycles. The minimum Gasteiger partial charge on any atom is -0.480 e. The normalized spacial score (nSPS) is 11.4. The van der Waals surface area contributed by atoms with E-state index in [1.54, 1.807) is 11.8 Å². The third-order valence-corrected chi connectivity index (χ3v) is 2.16. The molecule has 0 aliphatic heterocycles. The SMILES string of the molecule is Cc1nc(CN(CCN(C)C)CC(=O)O)no1. The van der Waals surface area contributed by atoms with Crippen LogP contribution in [-0.2, 0) is 11.3 Å². The van der Waals surface area contributed by atoms with Gasteiger partial charge in [-0.25, -0.2) is 0 Å². The van der Waals surface area contributed by atoms with E-state index in [0.717, 1.165) is 6.54 Å². The summed E-state index contributed by atoms with van der Waals surface area (Å²) >= 11 is 0. The van der Waals surface area contributed by atoms with Crippen molar-refractivity contribution in [3.05, 3.63) is 11.7 Å². The first-order chi connectivity index (χ1) is 7.97. The van der Waals surface area contributed by atoms with E-state index in [1.807, 2.05) is 19.0 Å². The third-order valence-electron chi connectivity index (χ3n) is 2.16. The first kappa shape index (κ1) is 13.6. The lowest BCUT2D eigenvalue weighted by atomic mass is 10.4. The van der Waals surface area contributed by atoms with Gasteiger partial charge in [0.15, 0.2) is 5.82 Å². The molecular weight excluding hydrogens is 224 g/mol. The van der Waals surface area contributed by atoms with Crippen LogP contribution in [0.2, 0.25) is 0 Å². The van der Waals surface area contributed by atoms with Crippen molar-refractivity contribution in [2.45, 2.75) is 13.5 Å². The minimum atomic E-state index is -0.857. The van der Waals surface area contributed by atoms with Crippen LogP contribution in [0, 0.1) is 6.92 Å². The Morgan fingerprint density at radius 1 is 1.41 bits per heavy atom. The van der Waals surface area contributed by atoms with Gasteiger partial charge < -0.3 is 14.5 Å². The number of hydrogen-bond donors (Lipinski definition) is 1. The molecular formula is C10H18N4O3. The molecule has 0 spiro atoms. The van der Waals surface area contributed by atoms with Crippen LogP contribution in [0.25, 0.3) is 0 Å². The number of carboxylic acid groups (broad SMARTS) is 1. The fraction of sp³-hybridized carbons (Fsp3) is 0.700. The summed E-state index contributed by atoms with van der Waals surface area (Å²) in [5.41, 5.74) is 0. The van der Waals surface area contributed by atoms with E-state index in [4.69, 9.17) is 9.63 Å². The zero-order chi connectivity index (χ0) is 12.8. The Morgan fingerprint density at radius 2 is 2.12 bits per heavy atom. The van der Waals surface area contributed by atoms with E-state index in [9.17, 15) is 4.79 Å². The van der Waals surface area contributed by atoms with Gasteiger partial charge in [-0.1, -0.05) is 5.16 Å². The maximum Gasteiger partial charge on any atom is 0.317 e. The Morgan fingerprint density at radius 3 is 2.59 bits per heavy atom. The Hall–Kier alpha value is -1.47. The molecule has 7 nitrogen and oxygen atoms in total. The minimum absolute atomic E-state index is 0.0264. The summed E-state index contributed by atoms with van der Waals surface area (Å²) in [6, 6.07) is 0. The van der Waals surface area contributed by atoms with Gasteiger partial charge in [0.05, 0.1) is 13.1 Å². The number of nitrogens with zero attached hydrogens (tertiary/aromatic N) is 4. The Bertz CT molecular complexity index is 364. The van der Waals surface area contributed by atoms with Gasteiger partial charge in [-0.3, -0.25) is 9.69 Å². The molecule has 0 aliphatic carbocycles. The average Bonchev–Trinajstić information content (AvgIpc) is 2.59. The van der Waals surface area contributed by atoms with Crippen molar-refractivity contribution in [3.63, 3.8) is 0 Å². The van der Waals surface area contributed by atoms with Gasteiger partial charge in [-0.05, 0) is 14.1 Å². The number of aryl methyl sites for hydroxylation is 1. The van der Waals surface area contributed by atoms with Crippen molar-refractivity contribution in [2.75, 3.05) is 33.7 Å². The molecule has 96 valence electrons. The maximum absolute atomic E-state index is 10.7. The van der Waals surface area contributed by atoms with Gasteiger partial charge in [0, 0.05) is 20.0 Å². The quantitative estimate of drug-likeness (QED) is 0.710. The van der Waals surface area contributed by atoms with E-state index < -0.39 is 5.97 Å². The highest BCUT2D eigenvalue weighted by Gasteiger charge is 2.13. The van der Waals surface area contributed by atoms with Gasteiger partial charge in [-0.15, -0.1) is 0 Å². The summed E-state index contributed by atoms with van der Waals surface area (Å²) in [5.74, 6) is 0.148. The molecule has 0 atom stereocenters. The van der Waals surface area contributed by atoms with Gasteiger partial charge in [-0.2, -0.15) is 4.98 Å². The monoisotopic (exact) mass is 242 g/mol. The van der Waals surface area contributed by atoms with Crippen molar-refractivity contribution in [1.29, 1.82) is 0 Å². The van der Waals surface area contributed by atoms with E-state index in [0.29, 0.717) is 24.8 Å². The molecule has 0 unspecified atom stereocenters. The third kappa shape index (κ3) is 5.41.